The standard InChI is InChI=1S/C18H23N3O3S2/c1-15-4-6-16(7-5-15)26(23,24)19-8-9-20-10-12-21(13-11-20)18(22)17-3-2-14-25-17/h2-7,14,19H,8-13H2,1H3. The molecule has 1 amide bonds. The first-order valence-corrected chi connectivity index (χ1v) is 10.9. The molecule has 0 unspecified atom stereocenters. The number of amides is 1. The molecule has 1 aliphatic rings. The second-order valence-electron chi connectivity index (χ2n) is 6.32. The maximum Gasteiger partial charge on any atom is 0.264 e. The average Bonchev–Trinajstić information content (AvgIpc) is 3.17. The lowest BCUT2D eigenvalue weighted by atomic mass is 10.2. The van der Waals surface area contributed by atoms with Crippen molar-refractivity contribution in [1.82, 2.24) is 14.5 Å². The number of nitrogens with one attached hydrogen (secondary N) is 1. The molecule has 1 aliphatic heterocycles. The Morgan fingerprint density at radius 3 is 2.42 bits per heavy atom. The fraction of sp³-hybridized carbons (Fsp3) is 0.389. The highest BCUT2D eigenvalue weighted by molar-refractivity contribution is 7.89. The molecule has 2 heterocycles. The van der Waals surface area contributed by atoms with E-state index in [9.17, 15) is 13.2 Å². The number of piperazine rings is 1. The Balaban J connectivity index is 1.44. The molecule has 0 atom stereocenters. The van der Waals surface area contributed by atoms with E-state index in [1.807, 2.05) is 29.3 Å². The van der Waals surface area contributed by atoms with Crippen LogP contribution in [0.2, 0.25) is 0 Å². The first-order chi connectivity index (χ1) is 12.5. The predicted molar refractivity (Wildman–Crippen MR) is 103 cm³/mol. The number of thiophene rings is 1. The second-order valence-corrected chi connectivity index (χ2v) is 9.04. The number of carbonyl (C=O) groups excluding carboxylic acids is 1. The van der Waals surface area contributed by atoms with E-state index in [-0.39, 0.29) is 10.8 Å². The van der Waals surface area contributed by atoms with Crippen molar-refractivity contribution < 1.29 is 13.2 Å². The molecule has 0 spiro atoms. The molecule has 0 aliphatic carbocycles. The molecule has 1 fully saturated rings. The third-order valence-electron chi connectivity index (χ3n) is 4.44. The van der Waals surface area contributed by atoms with Gasteiger partial charge in [-0.1, -0.05) is 23.8 Å². The van der Waals surface area contributed by atoms with Gasteiger partial charge in [-0.05, 0) is 30.5 Å². The second kappa shape index (κ2) is 8.30. The molecule has 140 valence electrons. The van der Waals surface area contributed by atoms with Gasteiger partial charge in [0.25, 0.3) is 5.91 Å². The molecule has 8 heteroatoms. The van der Waals surface area contributed by atoms with Crippen molar-refractivity contribution >= 4 is 27.3 Å². The first-order valence-electron chi connectivity index (χ1n) is 8.57. The summed E-state index contributed by atoms with van der Waals surface area (Å²) in [5, 5.41) is 1.91. The molecule has 26 heavy (non-hydrogen) atoms. The third kappa shape index (κ3) is 4.70. The summed E-state index contributed by atoms with van der Waals surface area (Å²) in [5.74, 6) is 0.0831. The summed E-state index contributed by atoms with van der Waals surface area (Å²) in [5.41, 5.74) is 1.03. The minimum absolute atomic E-state index is 0.0831. The van der Waals surface area contributed by atoms with Crippen LogP contribution in [0.5, 0.6) is 0 Å². The number of sulfonamides is 1. The third-order valence-corrected chi connectivity index (χ3v) is 6.78. The van der Waals surface area contributed by atoms with E-state index in [2.05, 4.69) is 9.62 Å². The van der Waals surface area contributed by atoms with Gasteiger partial charge in [0.1, 0.15) is 0 Å². The Bertz CT molecular complexity index is 825. The summed E-state index contributed by atoms with van der Waals surface area (Å²) >= 11 is 1.46. The Morgan fingerprint density at radius 2 is 1.81 bits per heavy atom. The van der Waals surface area contributed by atoms with Crippen LogP contribution in [0, 0.1) is 6.92 Å². The summed E-state index contributed by atoms with van der Waals surface area (Å²) in [7, 11) is -3.47. The fourth-order valence-corrected chi connectivity index (χ4v) is 4.58. The average molecular weight is 394 g/mol. The van der Waals surface area contributed by atoms with Gasteiger partial charge in [-0.2, -0.15) is 0 Å². The topological polar surface area (TPSA) is 69.7 Å². The Labute approximate surface area is 158 Å². The van der Waals surface area contributed by atoms with Gasteiger partial charge in [0.2, 0.25) is 10.0 Å². The van der Waals surface area contributed by atoms with Gasteiger partial charge in [-0.15, -0.1) is 11.3 Å². The summed E-state index contributed by atoms with van der Waals surface area (Å²) in [6.07, 6.45) is 0. The highest BCUT2D eigenvalue weighted by atomic mass is 32.2. The first kappa shape index (κ1) is 19.0. The van der Waals surface area contributed by atoms with Crippen LogP contribution in [0.25, 0.3) is 0 Å². The van der Waals surface area contributed by atoms with E-state index >= 15 is 0 Å². The van der Waals surface area contributed by atoms with Gasteiger partial charge in [0.15, 0.2) is 0 Å². The van der Waals surface area contributed by atoms with Crippen LogP contribution in [0.4, 0.5) is 0 Å². The van der Waals surface area contributed by atoms with Crippen LogP contribution in [0.3, 0.4) is 0 Å². The molecule has 2 aromatic rings. The zero-order chi connectivity index (χ0) is 18.6. The van der Waals surface area contributed by atoms with Crippen molar-refractivity contribution in [2.75, 3.05) is 39.3 Å². The van der Waals surface area contributed by atoms with E-state index in [0.29, 0.717) is 26.2 Å². The minimum atomic E-state index is -3.47. The van der Waals surface area contributed by atoms with Crippen molar-refractivity contribution in [1.29, 1.82) is 0 Å². The van der Waals surface area contributed by atoms with Crippen LogP contribution in [0.1, 0.15) is 15.2 Å². The summed E-state index contributed by atoms with van der Waals surface area (Å²) in [4.78, 5) is 17.4. The molecule has 1 N–H and O–H groups in total. The van der Waals surface area contributed by atoms with Crippen molar-refractivity contribution in [3.8, 4) is 0 Å². The maximum atomic E-state index is 12.3. The zero-order valence-electron chi connectivity index (χ0n) is 14.7. The Kier molecular flexibility index (Phi) is 6.08. The molecular formula is C18H23N3O3S2. The number of hydrogen-bond acceptors (Lipinski definition) is 5. The molecule has 0 radical (unpaired) electrons. The van der Waals surface area contributed by atoms with E-state index < -0.39 is 10.0 Å². The number of aryl methyl sites for hydroxylation is 1. The lowest BCUT2D eigenvalue weighted by Gasteiger charge is -2.34. The lowest BCUT2D eigenvalue weighted by molar-refractivity contribution is 0.0645. The van der Waals surface area contributed by atoms with Crippen LogP contribution < -0.4 is 4.72 Å². The molecular weight excluding hydrogens is 370 g/mol. The fourth-order valence-electron chi connectivity index (χ4n) is 2.87. The molecule has 1 saturated heterocycles. The minimum Gasteiger partial charge on any atom is -0.335 e. The van der Waals surface area contributed by atoms with Gasteiger partial charge >= 0.3 is 0 Å². The van der Waals surface area contributed by atoms with E-state index in [0.717, 1.165) is 23.5 Å². The monoisotopic (exact) mass is 393 g/mol. The van der Waals surface area contributed by atoms with Crippen molar-refractivity contribution in [3.63, 3.8) is 0 Å². The Hall–Kier alpha value is -1.74. The number of carbonyl (C=O) groups is 1. The van der Waals surface area contributed by atoms with Crippen molar-refractivity contribution in [3.05, 3.63) is 52.2 Å². The molecule has 1 aromatic heterocycles. The SMILES string of the molecule is Cc1ccc(S(=O)(=O)NCCN2CCN(C(=O)c3cccs3)CC2)cc1. The predicted octanol–water partition coefficient (Wildman–Crippen LogP) is 1.79. The molecule has 1 aromatic carbocycles. The number of rotatable bonds is 6. The highest BCUT2D eigenvalue weighted by Crippen LogP contribution is 2.14. The van der Waals surface area contributed by atoms with Gasteiger partial charge in [0.05, 0.1) is 9.77 Å². The summed E-state index contributed by atoms with van der Waals surface area (Å²) in [6, 6.07) is 10.5. The van der Waals surface area contributed by atoms with Crippen LogP contribution in [0.15, 0.2) is 46.7 Å². The van der Waals surface area contributed by atoms with Gasteiger partial charge in [0, 0.05) is 39.3 Å². The highest BCUT2D eigenvalue weighted by Gasteiger charge is 2.22. The quantitative estimate of drug-likeness (QED) is 0.812. The number of hydrogen-bond donors (Lipinski definition) is 1. The van der Waals surface area contributed by atoms with Gasteiger partial charge in [-0.3, -0.25) is 9.69 Å². The van der Waals surface area contributed by atoms with Crippen LogP contribution in [-0.2, 0) is 10.0 Å². The van der Waals surface area contributed by atoms with Gasteiger partial charge < -0.3 is 4.90 Å². The summed E-state index contributed by atoms with van der Waals surface area (Å²) < 4.78 is 27.2. The van der Waals surface area contributed by atoms with Crippen molar-refractivity contribution in [2.24, 2.45) is 0 Å². The van der Waals surface area contributed by atoms with Crippen LogP contribution in [-0.4, -0.2) is 63.4 Å². The van der Waals surface area contributed by atoms with Gasteiger partial charge in [-0.25, -0.2) is 13.1 Å². The molecule has 0 bridgehead atoms. The number of benzene rings is 1. The molecule has 3 rings (SSSR count). The smallest absolute Gasteiger partial charge is 0.264 e. The van der Waals surface area contributed by atoms with E-state index in [1.54, 1.807) is 24.3 Å². The number of nitrogens with zero attached hydrogens (tertiary/aromatic N) is 2. The molecule has 0 saturated carbocycles. The largest absolute Gasteiger partial charge is 0.335 e. The normalized spacial score (nSPS) is 16.0. The Morgan fingerprint density at radius 1 is 1.12 bits per heavy atom. The van der Waals surface area contributed by atoms with Crippen LogP contribution >= 0.6 is 11.3 Å². The zero-order valence-corrected chi connectivity index (χ0v) is 16.4. The maximum absolute atomic E-state index is 12.3. The lowest BCUT2D eigenvalue weighted by Crippen LogP contribution is -2.50. The summed E-state index contributed by atoms with van der Waals surface area (Å²) in [6.45, 7) is 5.75. The molecule has 6 nitrogen and oxygen atoms in total. The van der Waals surface area contributed by atoms with Crippen molar-refractivity contribution in [2.45, 2.75) is 11.8 Å². The van der Waals surface area contributed by atoms with E-state index in [4.69, 9.17) is 0 Å². The van der Waals surface area contributed by atoms with E-state index in [1.165, 1.54) is 11.3 Å².